The quantitative estimate of drug-likeness (QED) is 0.0157. The van der Waals surface area contributed by atoms with Crippen molar-refractivity contribution in [3.05, 3.63) is 48.6 Å². The topological polar surface area (TPSA) is 136 Å². The van der Waals surface area contributed by atoms with Crippen molar-refractivity contribution in [3.8, 4) is 0 Å². The lowest BCUT2D eigenvalue weighted by atomic mass is 10.0. The Hall–Kier alpha value is -2.32. The zero-order chi connectivity index (χ0) is 39.1. The third kappa shape index (κ3) is 40.7. The van der Waals surface area contributed by atoms with E-state index in [0.29, 0.717) is 6.42 Å². The van der Waals surface area contributed by atoms with Gasteiger partial charge in [0.1, 0.15) is 6.61 Å². The van der Waals surface area contributed by atoms with Gasteiger partial charge in [-0.3, -0.25) is 18.9 Å². The molecule has 0 aliphatic heterocycles. The Morgan fingerprint density at radius 2 is 1.04 bits per heavy atom. The van der Waals surface area contributed by atoms with Crippen molar-refractivity contribution in [2.45, 2.75) is 193 Å². The molecule has 0 bridgehead atoms. The summed E-state index contributed by atoms with van der Waals surface area (Å²) >= 11 is 0. The maximum Gasteiger partial charge on any atom is 0.469 e. The molecule has 0 saturated carbocycles. The molecule has 1 atom stereocenters. The van der Waals surface area contributed by atoms with Gasteiger partial charge in [0.05, 0.1) is 6.61 Å². The van der Waals surface area contributed by atoms with E-state index in [9.17, 15) is 18.9 Å². The van der Waals surface area contributed by atoms with E-state index in [2.05, 4.69) is 42.7 Å². The van der Waals surface area contributed by atoms with E-state index in [-0.39, 0.29) is 31.5 Å². The number of rotatable bonds is 38. The summed E-state index contributed by atoms with van der Waals surface area (Å²) in [4.78, 5) is 54.9. The first kappa shape index (κ1) is 50.7. The second-order valence-corrected chi connectivity index (χ2v) is 15.2. The highest BCUT2D eigenvalue weighted by atomic mass is 31.2. The molecule has 0 fully saturated rings. The maximum absolute atomic E-state index is 12.4. The number of phosphoric acid groups is 1. The minimum atomic E-state index is -4.81. The highest BCUT2D eigenvalue weighted by Gasteiger charge is 2.23. The predicted octanol–water partition coefficient (Wildman–Crippen LogP) is 11.9. The average Bonchev–Trinajstić information content (AvgIpc) is 3.12. The largest absolute Gasteiger partial charge is 0.469 e. The van der Waals surface area contributed by atoms with Gasteiger partial charge in [0, 0.05) is 19.3 Å². The fourth-order valence-electron chi connectivity index (χ4n) is 5.68. The Morgan fingerprint density at radius 1 is 0.547 bits per heavy atom. The Bertz CT molecular complexity index is 1060. The standard InChI is InChI=1S/C43H75O9P/c1-3-5-7-9-11-13-15-17-18-19-20-22-24-26-28-30-32-36-43(46)52-41(39-51-53(47,48)49)38-50-42(45)37-33-35-40(44)34-31-29-27-25-23-21-16-14-12-10-8-6-4-2/h12,14,21,23,27,29,31,34,41H,3-11,13,15-20,22,24-26,28,30,32-33,35-39H2,1-2H3,(H2,47,48,49)/b14-12-,23-21-,29-27-,34-31+/t41-/m1/s1. The third-order valence-electron chi connectivity index (χ3n) is 8.83. The Kier molecular flexibility index (Phi) is 36.3. The van der Waals surface area contributed by atoms with Crippen LogP contribution in [0.2, 0.25) is 0 Å². The van der Waals surface area contributed by atoms with Crippen molar-refractivity contribution in [2.24, 2.45) is 0 Å². The minimum absolute atomic E-state index is 0.0213. The van der Waals surface area contributed by atoms with Gasteiger partial charge in [-0.2, -0.15) is 0 Å². The second kappa shape index (κ2) is 38.0. The van der Waals surface area contributed by atoms with Gasteiger partial charge in [0.2, 0.25) is 0 Å². The SMILES string of the molecule is CCCCC/C=C\C/C=C\C/C=C\C=C\C(=O)CCCC(=O)OC[C@H](COP(=O)(O)O)OC(=O)CCCCCCCCCCCCCCCCCCC. The number of carbonyl (C=O) groups excluding carboxylic acids is 3. The first-order chi connectivity index (χ1) is 25.7. The monoisotopic (exact) mass is 767 g/mol. The summed E-state index contributed by atoms with van der Waals surface area (Å²) in [5, 5.41) is 0. The molecule has 10 heteroatoms. The molecule has 0 rings (SSSR count). The van der Waals surface area contributed by atoms with E-state index >= 15 is 0 Å². The lowest BCUT2D eigenvalue weighted by molar-refractivity contribution is -0.161. The Balaban J connectivity index is 4.10. The van der Waals surface area contributed by atoms with E-state index in [1.807, 2.05) is 12.2 Å². The number of hydrogen-bond donors (Lipinski definition) is 2. The first-order valence-corrected chi connectivity index (χ1v) is 22.4. The molecule has 53 heavy (non-hydrogen) atoms. The van der Waals surface area contributed by atoms with Gasteiger partial charge >= 0.3 is 19.8 Å². The van der Waals surface area contributed by atoms with E-state index in [1.165, 1.54) is 109 Å². The van der Waals surface area contributed by atoms with Crippen molar-refractivity contribution in [2.75, 3.05) is 13.2 Å². The van der Waals surface area contributed by atoms with Crippen LogP contribution in [0, 0.1) is 0 Å². The van der Waals surface area contributed by atoms with Crippen LogP contribution in [0.1, 0.15) is 187 Å². The molecule has 2 N–H and O–H groups in total. The average molecular weight is 767 g/mol. The highest BCUT2D eigenvalue weighted by Crippen LogP contribution is 2.36. The zero-order valence-electron chi connectivity index (χ0n) is 33.4. The maximum atomic E-state index is 12.4. The number of phosphoric ester groups is 1. The van der Waals surface area contributed by atoms with Crippen LogP contribution in [-0.2, 0) is 32.9 Å². The van der Waals surface area contributed by atoms with Crippen molar-refractivity contribution in [1.29, 1.82) is 0 Å². The molecule has 0 spiro atoms. The molecule has 0 amide bonds. The van der Waals surface area contributed by atoms with Gasteiger partial charge in [0.25, 0.3) is 0 Å². The first-order valence-electron chi connectivity index (χ1n) is 20.9. The molecule has 0 aliphatic rings. The minimum Gasteiger partial charge on any atom is -0.462 e. The van der Waals surface area contributed by atoms with Crippen LogP contribution in [0.4, 0.5) is 0 Å². The van der Waals surface area contributed by atoms with Crippen LogP contribution in [-0.4, -0.2) is 46.8 Å². The highest BCUT2D eigenvalue weighted by molar-refractivity contribution is 7.46. The predicted molar refractivity (Wildman–Crippen MR) is 216 cm³/mol. The van der Waals surface area contributed by atoms with Crippen LogP contribution in [0.25, 0.3) is 0 Å². The summed E-state index contributed by atoms with van der Waals surface area (Å²) in [5.74, 6) is -1.25. The number of ketones is 1. The van der Waals surface area contributed by atoms with Crippen molar-refractivity contribution >= 4 is 25.5 Å². The normalized spacial score (nSPS) is 12.8. The van der Waals surface area contributed by atoms with Crippen molar-refractivity contribution in [1.82, 2.24) is 0 Å². The Labute approximate surface area is 322 Å². The molecule has 0 aromatic carbocycles. The number of allylic oxidation sites excluding steroid dienone is 8. The third-order valence-corrected chi connectivity index (χ3v) is 9.31. The number of unbranched alkanes of at least 4 members (excludes halogenated alkanes) is 19. The summed E-state index contributed by atoms with van der Waals surface area (Å²) in [5.41, 5.74) is 0. The van der Waals surface area contributed by atoms with Gasteiger partial charge in [-0.15, -0.1) is 0 Å². The molecule has 9 nitrogen and oxygen atoms in total. The van der Waals surface area contributed by atoms with Gasteiger partial charge in [-0.1, -0.05) is 172 Å². The van der Waals surface area contributed by atoms with E-state index in [1.54, 1.807) is 6.08 Å². The van der Waals surface area contributed by atoms with E-state index < -0.39 is 39.1 Å². The number of carbonyl (C=O) groups is 3. The van der Waals surface area contributed by atoms with Crippen LogP contribution >= 0.6 is 7.82 Å². The van der Waals surface area contributed by atoms with Crippen LogP contribution in [0.15, 0.2) is 48.6 Å². The van der Waals surface area contributed by atoms with Gasteiger partial charge in [0.15, 0.2) is 11.9 Å². The molecule has 0 aliphatic carbocycles. The van der Waals surface area contributed by atoms with Crippen LogP contribution in [0.3, 0.4) is 0 Å². The number of ether oxygens (including phenoxy) is 2. The summed E-state index contributed by atoms with van der Waals surface area (Å²) < 4.78 is 26.2. The summed E-state index contributed by atoms with van der Waals surface area (Å²) in [6, 6.07) is 0. The van der Waals surface area contributed by atoms with Crippen LogP contribution in [0.5, 0.6) is 0 Å². The van der Waals surface area contributed by atoms with Gasteiger partial charge in [-0.05, 0) is 44.6 Å². The lowest BCUT2D eigenvalue weighted by Gasteiger charge is -2.18. The summed E-state index contributed by atoms with van der Waals surface area (Å²) in [6.07, 6.45) is 42.6. The molecule has 0 aromatic rings. The van der Waals surface area contributed by atoms with E-state index in [4.69, 9.17) is 19.3 Å². The molecule has 0 heterocycles. The van der Waals surface area contributed by atoms with Crippen molar-refractivity contribution < 1.29 is 42.7 Å². The molecule has 0 unspecified atom stereocenters. The second-order valence-electron chi connectivity index (χ2n) is 14.0. The molecule has 306 valence electrons. The van der Waals surface area contributed by atoms with Crippen molar-refractivity contribution in [3.63, 3.8) is 0 Å². The number of hydrogen-bond acceptors (Lipinski definition) is 7. The summed E-state index contributed by atoms with van der Waals surface area (Å²) in [7, 11) is -4.81. The Morgan fingerprint density at radius 3 is 1.60 bits per heavy atom. The lowest BCUT2D eigenvalue weighted by Crippen LogP contribution is -2.29. The summed E-state index contributed by atoms with van der Waals surface area (Å²) in [6.45, 7) is 3.45. The molecular formula is C43H75O9P. The van der Waals surface area contributed by atoms with Crippen LogP contribution < -0.4 is 0 Å². The fourth-order valence-corrected chi connectivity index (χ4v) is 6.04. The van der Waals surface area contributed by atoms with Gasteiger partial charge in [-0.25, -0.2) is 4.57 Å². The fraction of sp³-hybridized carbons (Fsp3) is 0.744. The number of esters is 2. The van der Waals surface area contributed by atoms with E-state index in [0.717, 1.165) is 38.5 Å². The molecule has 0 aromatic heterocycles. The molecule has 0 saturated heterocycles. The van der Waals surface area contributed by atoms with Gasteiger partial charge < -0.3 is 19.3 Å². The smallest absolute Gasteiger partial charge is 0.462 e. The molecular weight excluding hydrogens is 691 g/mol. The zero-order valence-corrected chi connectivity index (χ0v) is 34.3. The molecule has 0 radical (unpaired) electrons.